The molecule has 4 heterocycles. The Labute approximate surface area is 224 Å². The SMILES string of the molecule is CC1CN(Cc2ccc(N3CCC(NC(=O)c4ccc(Cl)c(-c5cccnc5)c4)CC3)nc2)CC(C)N1. The quantitative estimate of drug-likeness (QED) is 0.504. The zero-order valence-electron chi connectivity index (χ0n) is 21.5. The van der Waals surface area contributed by atoms with Gasteiger partial charge >= 0.3 is 0 Å². The number of anilines is 1. The van der Waals surface area contributed by atoms with E-state index in [-0.39, 0.29) is 11.9 Å². The second kappa shape index (κ2) is 11.6. The number of pyridine rings is 2. The Balaban J connectivity index is 1.13. The van der Waals surface area contributed by atoms with Crippen LogP contribution in [0.1, 0.15) is 42.6 Å². The highest BCUT2D eigenvalue weighted by Crippen LogP contribution is 2.28. The Hall–Kier alpha value is -3.00. The molecule has 2 fully saturated rings. The molecule has 8 heteroatoms. The van der Waals surface area contributed by atoms with E-state index in [1.807, 2.05) is 24.4 Å². The van der Waals surface area contributed by atoms with Crippen molar-refractivity contribution in [1.29, 1.82) is 0 Å². The average molecular weight is 519 g/mol. The summed E-state index contributed by atoms with van der Waals surface area (Å²) >= 11 is 6.40. The van der Waals surface area contributed by atoms with Crippen molar-refractivity contribution in [1.82, 2.24) is 25.5 Å². The van der Waals surface area contributed by atoms with Gasteiger partial charge < -0.3 is 15.5 Å². The summed E-state index contributed by atoms with van der Waals surface area (Å²) in [6.07, 6.45) is 7.26. The molecule has 0 bridgehead atoms. The lowest BCUT2D eigenvalue weighted by atomic mass is 10.0. The van der Waals surface area contributed by atoms with Crippen LogP contribution in [0.2, 0.25) is 5.02 Å². The topological polar surface area (TPSA) is 73.4 Å². The Morgan fingerprint density at radius 2 is 1.86 bits per heavy atom. The van der Waals surface area contributed by atoms with Crippen molar-refractivity contribution < 1.29 is 4.79 Å². The fourth-order valence-electron chi connectivity index (χ4n) is 5.46. The van der Waals surface area contributed by atoms with Gasteiger partial charge in [-0.3, -0.25) is 14.7 Å². The van der Waals surface area contributed by atoms with E-state index in [4.69, 9.17) is 16.6 Å². The fraction of sp³-hybridized carbons (Fsp3) is 0.414. The first-order valence-corrected chi connectivity index (χ1v) is 13.5. The molecule has 3 aromatic rings. The monoisotopic (exact) mass is 518 g/mol. The molecule has 37 heavy (non-hydrogen) atoms. The molecule has 1 amide bonds. The van der Waals surface area contributed by atoms with E-state index in [0.29, 0.717) is 22.7 Å². The lowest BCUT2D eigenvalue weighted by Crippen LogP contribution is -2.53. The van der Waals surface area contributed by atoms with Crippen LogP contribution in [-0.2, 0) is 6.54 Å². The smallest absolute Gasteiger partial charge is 0.251 e. The molecule has 2 N–H and O–H groups in total. The third-order valence-corrected chi connectivity index (χ3v) is 7.53. The summed E-state index contributed by atoms with van der Waals surface area (Å²) in [5.74, 6) is 0.939. The molecule has 2 aliphatic rings. The summed E-state index contributed by atoms with van der Waals surface area (Å²) in [5, 5.41) is 7.40. The van der Waals surface area contributed by atoms with Gasteiger partial charge in [-0.15, -0.1) is 0 Å². The summed E-state index contributed by atoms with van der Waals surface area (Å²) in [6.45, 7) is 9.27. The lowest BCUT2D eigenvalue weighted by molar-refractivity contribution is 0.0931. The molecule has 5 rings (SSSR count). The van der Waals surface area contributed by atoms with Gasteiger partial charge in [-0.25, -0.2) is 4.98 Å². The fourth-order valence-corrected chi connectivity index (χ4v) is 5.68. The van der Waals surface area contributed by atoms with Crippen LogP contribution in [-0.4, -0.2) is 65.1 Å². The summed E-state index contributed by atoms with van der Waals surface area (Å²) in [6, 6.07) is 14.7. The molecule has 2 unspecified atom stereocenters. The van der Waals surface area contributed by atoms with E-state index in [2.05, 4.69) is 51.4 Å². The van der Waals surface area contributed by atoms with Gasteiger partial charge in [0.1, 0.15) is 5.82 Å². The van der Waals surface area contributed by atoms with Crippen LogP contribution in [0.25, 0.3) is 11.1 Å². The average Bonchev–Trinajstić information content (AvgIpc) is 2.90. The number of benzene rings is 1. The van der Waals surface area contributed by atoms with E-state index in [0.717, 1.165) is 62.5 Å². The number of halogens is 1. The van der Waals surface area contributed by atoms with Crippen molar-refractivity contribution in [3.8, 4) is 11.1 Å². The molecule has 0 radical (unpaired) electrons. The maximum Gasteiger partial charge on any atom is 0.251 e. The normalized spacial score (nSPS) is 21.1. The zero-order valence-corrected chi connectivity index (χ0v) is 22.3. The van der Waals surface area contributed by atoms with Crippen molar-refractivity contribution in [2.75, 3.05) is 31.1 Å². The largest absolute Gasteiger partial charge is 0.356 e. The molecule has 2 aliphatic heterocycles. The highest BCUT2D eigenvalue weighted by Gasteiger charge is 2.23. The van der Waals surface area contributed by atoms with Gasteiger partial charge in [-0.05, 0) is 62.6 Å². The van der Waals surface area contributed by atoms with Gasteiger partial charge in [0.25, 0.3) is 5.91 Å². The number of carbonyl (C=O) groups is 1. The van der Waals surface area contributed by atoms with E-state index >= 15 is 0 Å². The first-order chi connectivity index (χ1) is 17.9. The number of rotatable bonds is 6. The van der Waals surface area contributed by atoms with Gasteiger partial charge in [-0.1, -0.05) is 23.7 Å². The minimum Gasteiger partial charge on any atom is -0.356 e. The molecule has 194 valence electrons. The van der Waals surface area contributed by atoms with Crippen molar-refractivity contribution in [2.45, 2.75) is 51.4 Å². The summed E-state index contributed by atoms with van der Waals surface area (Å²) < 4.78 is 0. The second-order valence-corrected chi connectivity index (χ2v) is 10.8. The third-order valence-electron chi connectivity index (χ3n) is 7.20. The lowest BCUT2D eigenvalue weighted by Gasteiger charge is -2.36. The molecule has 2 aromatic heterocycles. The van der Waals surface area contributed by atoms with Gasteiger partial charge in [0.2, 0.25) is 0 Å². The van der Waals surface area contributed by atoms with Gasteiger partial charge in [-0.2, -0.15) is 0 Å². The molecule has 2 saturated heterocycles. The summed E-state index contributed by atoms with van der Waals surface area (Å²) in [7, 11) is 0. The predicted molar refractivity (Wildman–Crippen MR) is 149 cm³/mol. The maximum atomic E-state index is 13.0. The maximum absolute atomic E-state index is 13.0. The van der Waals surface area contributed by atoms with Crippen molar-refractivity contribution in [3.63, 3.8) is 0 Å². The van der Waals surface area contributed by atoms with Gasteiger partial charge in [0.05, 0.1) is 0 Å². The highest BCUT2D eigenvalue weighted by atomic mass is 35.5. The number of piperidine rings is 1. The molecule has 1 aromatic carbocycles. The Morgan fingerprint density at radius 3 is 2.54 bits per heavy atom. The number of piperazine rings is 1. The molecule has 7 nitrogen and oxygen atoms in total. The molecular weight excluding hydrogens is 484 g/mol. The number of aromatic nitrogens is 2. The predicted octanol–water partition coefficient (Wildman–Crippen LogP) is 4.38. The minimum atomic E-state index is -0.0701. The van der Waals surface area contributed by atoms with E-state index in [9.17, 15) is 4.79 Å². The van der Waals surface area contributed by atoms with Crippen LogP contribution >= 0.6 is 11.6 Å². The van der Waals surface area contributed by atoms with Crippen LogP contribution in [0.5, 0.6) is 0 Å². The van der Waals surface area contributed by atoms with Gasteiger partial charge in [0.15, 0.2) is 0 Å². The molecule has 0 aliphatic carbocycles. The number of nitrogens with zero attached hydrogens (tertiary/aromatic N) is 4. The molecule has 2 atom stereocenters. The number of amides is 1. The Bertz CT molecular complexity index is 1190. The first-order valence-electron chi connectivity index (χ1n) is 13.1. The Morgan fingerprint density at radius 1 is 1.08 bits per heavy atom. The van der Waals surface area contributed by atoms with E-state index < -0.39 is 0 Å². The van der Waals surface area contributed by atoms with Crippen LogP contribution < -0.4 is 15.5 Å². The van der Waals surface area contributed by atoms with Crippen LogP contribution in [0.15, 0.2) is 61.1 Å². The van der Waals surface area contributed by atoms with Crippen molar-refractivity contribution >= 4 is 23.3 Å². The summed E-state index contributed by atoms with van der Waals surface area (Å²) in [5.41, 5.74) is 3.57. The van der Waals surface area contributed by atoms with Gasteiger partial charge in [0, 0.05) is 91.2 Å². The molecule has 0 spiro atoms. The van der Waals surface area contributed by atoms with Crippen LogP contribution in [0, 0.1) is 0 Å². The molecular formula is C29H35ClN6O. The van der Waals surface area contributed by atoms with Crippen molar-refractivity contribution in [3.05, 3.63) is 77.2 Å². The first kappa shape index (κ1) is 25.6. The van der Waals surface area contributed by atoms with Crippen LogP contribution in [0.3, 0.4) is 0 Å². The van der Waals surface area contributed by atoms with Crippen LogP contribution in [0.4, 0.5) is 5.82 Å². The number of hydrogen-bond donors (Lipinski definition) is 2. The Kier molecular flexibility index (Phi) is 8.03. The van der Waals surface area contributed by atoms with Crippen molar-refractivity contribution in [2.24, 2.45) is 0 Å². The summed E-state index contributed by atoms with van der Waals surface area (Å²) in [4.78, 5) is 26.7. The number of nitrogens with one attached hydrogen (secondary N) is 2. The van der Waals surface area contributed by atoms with E-state index in [1.54, 1.807) is 24.5 Å². The second-order valence-electron chi connectivity index (χ2n) is 10.4. The number of carbonyl (C=O) groups excluding carboxylic acids is 1. The number of hydrogen-bond acceptors (Lipinski definition) is 6. The third kappa shape index (κ3) is 6.47. The zero-order chi connectivity index (χ0) is 25.8. The highest BCUT2D eigenvalue weighted by molar-refractivity contribution is 6.33. The van der Waals surface area contributed by atoms with E-state index in [1.165, 1.54) is 5.56 Å². The molecule has 0 saturated carbocycles. The standard InChI is InChI=1S/C29H35ClN6O/c1-20-17-35(18-21(2)33-20)19-22-5-8-28(32-15-22)36-12-9-25(10-13-36)34-29(37)23-6-7-27(30)26(14-23)24-4-3-11-31-16-24/h3-8,11,14-16,20-21,25,33H,9-10,12-13,17-19H2,1-2H3,(H,34,37). The minimum absolute atomic E-state index is 0.0701.